The van der Waals surface area contributed by atoms with Crippen LogP contribution in [-0.2, 0) is 14.6 Å². The second kappa shape index (κ2) is 5.36. The Bertz CT molecular complexity index is 697. The van der Waals surface area contributed by atoms with Crippen LogP contribution in [-0.4, -0.2) is 56.3 Å². The van der Waals surface area contributed by atoms with Gasteiger partial charge in [-0.3, -0.25) is 4.79 Å². The third-order valence-electron chi connectivity index (χ3n) is 3.48. The van der Waals surface area contributed by atoms with Crippen LogP contribution in [0.2, 0.25) is 0 Å². The lowest BCUT2D eigenvalue weighted by Gasteiger charge is -2.13. The average molecular weight is 313 g/mol. The van der Waals surface area contributed by atoms with Crippen LogP contribution < -0.4 is 4.74 Å². The number of hydrogen-bond donors (Lipinski definition) is 1. The summed E-state index contributed by atoms with van der Waals surface area (Å²) in [5, 5.41) is 7.94. The summed E-state index contributed by atoms with van der Waals surface area (Å²) in [5.74, 6) is -1.70. The first-order valence-electron chi connectivity index (χ1n) is 6.19. The van der Waals surface area contributed by atoms with Gasteiger partial charge >= 0.3 is 5.97 Å². The number of rotatable bonds is 4. The molecule has 1 N–H and O–H groups in total. The van der Waals surface area contributed by atoms with E-state index in [2.05, 4.69) is 0 Å². The maximum absolute atomic E-state index is 12.5. The number of carboxylic acid groups (broad SMARTS) is 1. The molecular weight excluding hydrogens is 298 g/mol. The van der Waals surface area contributed by atoms with Gasteiger partial charge < -0.3 is 14.7 Å². The van der Waals surface area contributed by atoms with Gasteiger partial charge in [0.1, 0.15) is 16.6 Å². The molecule has 1 saturated heterocycles. The number of nitrogens with zero attached hydrogens (tertiary/aromatic N) is 1. The first-order chi connectivity index (χ1) is 9.78. The fourth-order valence-electron chi connectivity index (χ4n) is 2.27. The van der Waals surface area contributed by atoms with Crippen molar-refractivity contribution in [1.29, 1.82) is 0 Å². The topological polar surface area (TPSA) is 101 Å². The zero-order chi connectivity index (χ0) is 15.8. The highest BCUT2D eigenvalue weighted by atomic mass is 32.2. The lowest BCUT2D eigenvalue weighted by Crippen LogP contribution is -2.31. The fourth-order valence-corrected chi connectivity index (χ4v) is 4.00. The summed E-state index contributed by atoms with van der Waals surface area (Å²) < 4.78 is 29.9. The zero-order valence-electron chi connectivity index (χ0n) is 11.6. The Hall–Kier alpha value is -2.09. The van der Waals surface area contributed by atoms with Gasteiger partial charge in [0.05, 0.1) is 12.0 Å². The van der Waals surface area contributed by atoms with Crippen molar-refractivity contribution in [2.75, 3.05) is 20.7 Å². The molecule has 1 aliphatic heterocycles. The van der Waals surface area contributed by atoms with E-state index in [1.54, 1.807) is 0 Å². The molecule has 1 fully saturated rings. The SMILES string of the molecule is COc1ccc(S(=O)(=O)C2CCN(C)C2=O)cc1C(=O)O. The van der Waals surface area contributed by atoms with Crippen molar-refractivity contribution < 1.29 is 27.9 Å². The van der Waals surface area contributed by atoms with E-state index in [4.69, 9.17) is 9.84 Å². The van der Waals surface area contributed by atoms with Gasteiger partial charge in [-0.25, -0.2) is 13.2 Å². The number of benzene rings is 1. The lowest BCUT2D eigenvalue weighted by molar-refractivity contribution is -0.126. The molecule has 1 aromatic carbocycles. The Kier molecular flexibility index (Phi) is 3.91. The van der Waals surface area contributed by atoms with E-state index in [1.165, 1.54) is 31.2 Å². The lowest BCUT2D eigenvalue weighted by atomic mass is 10.2. The van der Waals surface area contributed by atoms with Crippen LogP contribution in [0.5, 0.6) is 5.75 Å². The highest BCUT2D eigenvalue weighted by Crippen LogP contribution is 2.28. The van der Waals surface area contributed by atoms with E-state index >= 15 is 0 Å². The molecule has 1 heterocycles. The molecule has 1 atom stereocenters. The van der Waals surface area contributed by atoms with E-state index in [0.717, 1.165) is 6.07 Å². The third kappa shape index (κ3) is 2.58. The fraction of sp³-hybridized carbons (Fsp3) is 0.385. The predicted octanol–water partition coefficient (Wildman–Crippen LogP) is 0.398. The van der Waals surface area contributed by atoms with Crippen molar-refractivity contribution in [1.82, 2.24) is 4.90 Å². The average Bonchev–Trinajstić information content (AvgIpc) is 2.78. The molecule has 7 nitrogen and oxygen atoms in total. The molecule has 1 unspecified atom stereocenters. The van der Waals surface area contributed by atoms with Crippen molar-refractivity contribution in [2.24, 2.45) is 0 Å². The summed E-state index contributed by atoms with van der Waals surface area (Å²) in [4.78, 5) is 24.2. The quantitative estimate of drug-likeness (QED) is 0.863. The molecule has 8 heteroatoms. The Morgan fingerprint density at radius 3 is 2.57 bits per heavy atom. The molecule has 0 aromatic heterocycles. The molecule has 0 aliphatic carbocycles. The number of sulfone groups is 1. The zero-order valence-corrected chi connectivity index (χ0v) is 12.4. The number of carbonyl (C=O) groups excluding carboxylic acids is 1. The number of carboxylic acids is 1. The number of hydrogen-bond acceptors (Lipinski definition) is 5. The summed E-state index contributed by atoms with van der Waals surface area (Å²) >= 11 is 0. The van der Waals surface area contributed by atoms with E-state index < -0.39 is 27.0 Å². The summed E-state index contributed by atoms with van der Waals surface area (Å²) in [7, 11) is -1.08. The number of likely N-dealkylation sites (tertiary alicyclic amines) is 1. The molecule has 0 bridgehead atoms. The number of carbonyl (C=O) groups is 2. The van der Waals surface area contributed by atoms with Gasteiger partial charge in [-0.05, 0) is 24.6 Å². The van der Waals surface area contributed by atoms with E-state index in [1.807, 2.05) is 0 Å². The van der Waals surface area contributed by atoms with Crippen LogP contribution in [0.1, 0.15) is 16.8 Å². The Labute approximate surface area is 122 Å². The van der Waals surface area contributed by atoms with Gasteiger partial charge in [0.25, 0.3) is 0 Å². The van der Waals surface area contributed by atoms with Crippen molar-refractivity contribution in [3.05, 3.63) is 23.8 Å². The second-order valence-electron chi connectivity index (χ2n) is 4.75. The minimum atomic E-state index is -3.91. The Morgan fingerprint density at radius 2 is 2.10 bits per heavy atom. The molecular formula is C13H15NO6S. The third-order valence-corrected chi connectivity index (χ3v) is 5.58. The summed E-state index contributed by atoms with van der Waals surface area (Å²) in [6, 6.07) is 3.56. The summed E-state index contributed by atoms with van der Waals surface area (Å²) in [6.45, 7) is 0.366. The molecule has 0 spiro atoms. The Balaban J connectivity index is 2.49. The van der Waals surface area contributed by atoms with Crippen LogP contribution >= 0.6 is 0 Å². The highest BCUT2D eigenvalue weighted by Gasteiger charge is 2.40. The van der Waals surface area contributed by atoms with Gasteiger partial charge in [0, 0.05) is 13.6 Å². The minimum absolute atomic E-state index is 0.0660. The maximum Gasteiger partial charge on any atom is 0.339 e. The molecule has 1 amide bonds. The highest BCUT2D eigenvalue weighted by molar-refractivity contribution is 7.92. The molecule has 21 heavy (non-hydrogen) atoms. The standard InChI is InChI=1S/C13H15NO6S/c1-14-6-5-11(12(14)15)21(18,19)8-3-4-10(20-2)9(7-8)13(16)17/h3-4,7,11H,5-6H2,1-2H3,(H,16,17). The van der Waals surface area contributed by atoms with Gasteiger partial charge in [0.2, 0.25) is 5.91 Å². The monoisotopic (exact) mass is 313 g/mol. The van der Waals surface area contributed by atoms with Crippen LogP contribution in [0.3, 0.4) is 0 Å². The molecule has 1 aliphatic rings. The normalized spacial score (nSPS) is 18.9. The van der Waals surface area contributed by atoms with Gasteiger partial charge in [-0.15, -0.1) is 0 Å². The number of aromatic carboxylic acids is 1. The van der Waals surface area contributed by atoms with Crippen molar-refractivity contribution in [3.63, 3.8) is 0 Å². The largest absolute Gasteiger partial charge is 0.496 e. The van der Waals surface area contributed by atoms with Crippen molar-refractivity contribution in [3.8, 4) is 5.75 Å². The first-order valence-corrected chi connectivity index (χ1v) is 7.74. The number of ether oxygens (including phenoxy) is 1. The smallest absolute Gasteiger partial charge is 0.339 e. The van der Waals surface area contributed by atoms with Gasteiger partial charge in [-0.1, -0.05) is 0 Å². The van der Waals surface area contributed by atoms with E-state index in [9.17, 15) is 18.0 Å². The molecule has 0 saturated carbocycles. The second-order valence-corrected chi connectivity index (χ2v) is 6.88. The van der Waals surface area contributed by atoms with E-state index in [0.29, 0.717) is 6.54 Å². The first kappa shape index (κ1) is 15.3. The molecule has 0 radical (unpaired) electrons. The van der Waals surface area contributed by atoms with Crippen LogP contribution in [0.25, 0.3) is 0 Å². The molecule has 114 valence electrons. The van der Waals surface area contributed by atoms with Crippen molar-refractivity contribution in [2.45, 2.75) is 16.6 Å². The van der Waals surface area contributed by atoms with Crippen molar-refractivity contribution >= 4 is 21.7 Å². The van der Waals surface area contributed by atoms with Crippen LogP contribution in [0.4, 0.5) is 0 Å². The van der Waals surface area contributed by atoms with Gasteiger partial charge in [-0.2, -0.15) is 0 Å². The maximum atomic E-state index is 12.5. The molecule has 2 rings (SSSR count). The van der Waals surface area contributed by atoms with Crippen LogP contribution in [0, 0.1) is 0 Å². The number of amides is 1. The summed E-state index contributed by atoms with van der Waals surface area (Å²) in [6.07, 6.45) is 0.200. The predicted molar refractivity (Wildman–Crippen MR) is 73.2 cm³/mol. The summed E-state index contributed by atoms with van der Waals surface area (Å²) in [5.41, 5.74) is -0.252. The van der Waals surface area contributed by atoms with Gasteiger partial charge in [0.15, 0.2) is 9.84 Å². The number of methoxy groups -OCH3 is 1. The van der Waals surface area contributed by atoms with Crippen LogP contribution in [0.15, 0.2) is 23.1 Å². The van der Waals surface area contributed by atoms with E-state index in [-0.39, 0.29) is 22.6 Å². The minimum Gasteiger partial charge on any atom is -0.496 e. The molecule has 1 aromatic rings. The Morgan fingerprint density at radius 1 is 1.43 bits per heavy atom.